The van der Waals surface area contributed by atoms with Crippen molar-refractivity contribution in [3.63, 3.8) is 0 Å². The van der Waals surface area contributed by atoms with Gasteiger partial charge < -0.3 is 9.88 Å². The number of nitrogens with zero attached hydrogens (tertiary/aromatic N) is 1. The molecule has 0 spiro atoms. The predicted molar refractivity (Wildman–Crippen MR) is 71.8 cm³/mol. The highest BCUT2D eigenvalue weighted by Gasteiger charge is 2.10. The number of aryl methyl sites for hydroxylation is 1. The maximum absolute atomic E-state index is 13.6. The van der Waals surface area contributed by atoms with E-state index in [2.05, 4.69) is 29.1 Å². The molecule has 1 atom stereocenters. The van der Waals surface area contributed by atoms with Gasteiger partial charge in [-0.15, -0.1) is 0 Å². The topological polar surface area (TPSA) is 17.0 Å². The number of hydrogen-bond donors (Lipinski definition) is 1. The van der Waals surface area contributed by atoms with Crippen LogP contribution in [0.1, 0.15) is 31.1 Å². The number of rotatable bonds is 5. The van der Waals surface area contributed by atoms with Gasteiger partial charge in [-0.2, -0.15) is 0 Å². The third-order valence-electron chi connectivity index (χ3n) is 3.23. The van der Waals surface area contributed by atoms with Crippen molar-refractivity contribution in [2.45, 2.75) is 33.0 Å². The summed E-state index contributed by atoms with van der Waals surface area (Å²) in [5.41, 5.74) is 1.94. The van der Waals surface area contributed by atoms with E-state index in [1.165, 1.54) is 11.8 Å². The second kappa shape index (κ2) is 5.83. The zero-order valence-corrected chi connectivity index (χ0v) is 10.9. The second-order valence-electron chi connectivity index (χ2n) is 4.41. The summed E-state index contributed by atoms with van der Waals surface area (Å²) >= 11 is 0. The van der Waals surface area contributed by atoms with Gasteiger partial charge in [0.15, 0.2) is 0 Å². The maximum atomic E-state index is 13.6. The van der Waals surface area contributed by atoms with Crippen LogP contribution in [0.4, 0.5) is 4.39 Å². The van der Waals surface area contributed by atoms with Gasteiger partial charge in [0, 0.05) is 36.6 Å². The fourth-order valence-electron chi connectivity index (χ4n) is 2.11. The molecule has 1 heterocycles. The van der Waals surface area contributed by atoms with Crippen molar-refractivity contribution in [1.82, 2.24) is 9.88 Å². The fraction of sp³-hybridized carbons (Fsp3) is 0.333. The van der Waals surface area contributed by atoms with Gasteiger partial charge in [-0.1, -0.05) is 18.2 Å². The lowest BCUT2D eigenvalue weighted by Gasteiger charge is -2.16. The molecule has 2 aromatic rings. The molecule has 1 aromatic heterocycles. The van der Waals surface area contributed by atoms with E-state index in [1.54, 1.807) is 6.07 Å². The first kappa shape index (κ1) is 12.8. The molecule has 1 aromatic carbocycles. The lowest BCUT2D eigenvalue weighted by Crippen LogP contribution is -2.20. The summed E-state index contributed by atoms with van der Waals surface area (Å²) in [6, 6.07) is 11.0. The minimum absolute atomic E-state index is 0.00593. The van der Waals surface area contributed by atoms with Crippen LogP contribution in [-0.4, -0.2) is 4.57 Å². The number of aromatic nitrogens is 1. The van der Waals surface area contributed by atoms with Gasteiger partial charge >= 0.3 is 0 Å². The van der Waals surface area contributed by atoms with Crippen LogP contribution in [0, 0.1) is 5.82 Å². The van der Waals surface area contributed by atoms with E-state index in [9.17, 15) is 4.39 Å². The Kier molecular flexibility index (Phi) is 4.15. The summed E-state index contributed by atoms with van der Waals surface area (Å²) in [7, 11) is 0. The Labute approximate surface area is 107 Å². The van der Waals surface area contributed by atoms with Gasteiger partial charge in [0.2, 0.25) is 0 Å². The maximum Gasteiger partial charge on any atom is 0.127 e. The number of hydrogen-bond acceptors (Lipinski definition) is 1. The van der Waals surface area contributed by atoms with E-state index in [1.807, 2.05) is 25.1 Å². The van der Waals surface area contributed by atoms with E-state index in [4.69, 9.17) is 0 Å². The molecule has 18 heavy (non-hydrogen) atoms. The molecular formula is C15H19FN2. The SMILES string of the molecule is CCn1cccc1CNC(C)c1ccccc1F. The molecule has 0 radical (unpaired) electrons. The van der Waals surface area contributed by atoms with E-state index < -0.39 is 0 Å². The van der Waals surface area contributed by atoms with E-state index in [0.717, 1.165) is 13.1 Å². The molecular weight excluding hydrogens is 227 g/mol. The Morgan fingerprint density at radius 1 is 1.22 bits per heavy atom. The standard InChI is InChI=1S/C15H19FN2/c1-3-18-10-6-7-13(18)11-17-12(2)14-8-4-5-9-15(14)16/h4-10,12,17H,3,11H2,1-2H3. The summed E-state index contributed by atoms with van der Waals surface area (Å²) in [5.74, 6) is -0.150. The summed E-state index contributed by atoms with van der Waals surface area (Å²) in [6.07, 6.45) is 2.06. The van der Waals surface area contributed by atoms with Gasteiger partial charge in [0.25, 0.3) is 0 Å². The molecule has 0 amide bonds. The highest BCUT2D eigenvalue weighted by molar-refractivity contribution is 5.20. The van der Waals surface area contributed by atoms with Crippen LogP contribution in [-0.2, 0) is 13.1 Å². The Hall–Kier alpha value is -1.61. The predicted octanol–water partition coefficient (Wildman–Crippen LogP) is 3.50. The summed E-state index contributed by atoms with van der Waals surface area (Å²) in [4.78, 5) is 0. The zero-order chi connectivity index (χ0) is 13.0. The summed E-state index contributed by atoms with van der Waals surface area (Å²) in [6.45, 7) is 5.80. The van der Waals surface area contributed by atoms with Gasteiger partial charge in [0.05, 0.1) is 0 Å². The quantitative estimate of drug-likeness (QED) is 0.854. The lowest BCUT2D eigenvalue weighted by molar-refractivity contribution is 0.516. The van der Waals surface area contributed by atoms with Crippen LogP contribution < -0.4 is 5.32 Å². The van der Waals surface area contributed by atoms with Crippen LogP contribution >= 0.6 is 0 Å². The smallest absolute Gasteiger partial charge is 0.127 e. The molecule has 0 fully saturated rings. The summed E-state index contributed by atoms with van der Waals surface area (Å²) in [5, 5.41) is 3.36. The average molecular weight is 246 g/mol. The minimum Gasteiger partial charge on any atom is -0.351 e. The molecule has 1 unspecified atom stereocenters. The van der Waals surface area contributed by atoms with Crippen LogP contribution in [0.15, 0.2) is 42.6 Å². The van der Waals surface area contributed by atoms with Crippen molar-refractivity contribution in [2.75, 3.05) is 0 Å². The van der Waals surface area contributed by atoms with E-state index >= 15 is 0 Å². The molecule has 0 aliphatic heterocycles. The van der Waals surface area contributed by atoms with Crippen molar-refractivity contribution >= 4 is 0 Å². The molecule has 0 saturated heterocycles. The van der Waals surface area contributed by atoms with Crippen LogP contribution in [0.25, 0.3) is 0 Å². The highest BCUT2D eigenvalue weighted by Crippen LogP contribution is 2.16. The average Bonchev–Trinajstić information content (AvgIpc) is 2.84. The Bertz CT molecular complexity index is 505. The molecule has 1 N–H and O–H groups in total. The fourth-order valence-corrected chi connectivity index (χ4v) is 2.11. The summed E-state index contributed by atoms with van der Waals surface area (Å²) < 4.78 is 15.8. The molecule has 3 heteroatoms. The molecule has 0 aliphatic carbocycles. The molecule has 0 saturated carbocycles. The van der Waals surface area contributed by atoms with Crippen LogP contribution in [0.5, 0.6) is 0 Å². The monoisotopic (exact) mass is 246 g/mol. The molecule has 0 bridgehead atoms. The zero-order valence-electron chi connectivity index (χ0n) is 10.9. The number of nitrogens with one attached hydrogen (secondary N) is 1. The van der Waals surface area contributed by atoms with Gasteiger partial charge in [-0.25, -0.2) is 4.39 Å². The number of halogens is 1. The van der Waals surface area contributed by atoms with Gasteiger partial charge in [-0.05, 0) is 32.0 Å². The highest BCUT2D eigenvalue weighted by atomic mass is 19.1. The van der Waals surface area contributed by atoms with Crippen molar-refractivity contribution in [3.8, 4) is 0 Å². The van der Waals surface area contributed by atoms with Crippen LogP contribution in [0.2, 0.25) is 0 Å². The molecule has 96 valence electrons. The third kappa shape index (κ3) is 2.79. The first-order valence-corrected chi connectivity index (χ1v) is 6.34. The Morgan fingerprint density at radius 2 is 2.00 bits per heavy atom. The second-order valence-corrected chi connectivity index (χ2v) is 4.41. The normalized spacial score (nSPS) is 12.6. The minimum atomic E-state index is -0.150. The van der Waals surface area contributed by atoms with Crippen molar-refractivity contribution in [2.24, 2.45) is 0 Å². The van der Waals surface area contributed by atoms with E-state index in [0.29, 0.717) is 5.56 Å². The third-order valence-corrected chi connectivity index (χ3v) is 3.23. The van der Waals surface area contributed by atoms with Crippen molar-refractivity contribution < 1.29 is 4.39 Å². The number of benzene rings is 1. The molecule has 0 aliphatic rings. The first-order chi connectivity index (χ1) is 8.72. The van der Waals surface area contributed by atoms with Crippen LogP contribution in [0.3, 0.4) is 0 Å². The van der Waals surface area contributed by atoms with Gasteiger partial charge in [-0.3, -0.25) is 0 Å². The Balaban J connectivity index is 2.01. The molecule has 2 rings (SSSR count). The Morgan fingerprint density at radius 3 is 2.72 bits per heavy atom. The van der Waals surface area contributed by atoms with E-state index in [-0.39, 0.29) is 11.9 Å². The van der Waals surface area contributed by atoms with Crippen molar-refractivity contribution in [1.29, 1.82) is 0 Å². The van der Waals surface area contributed by atoms with Gasteiger partial charge in [0.1, 0.15) is 5.82 Å². The van der Waals surface area contributed by atoms with Crippen molar-refractivity contribution in [3.05, 3.63) is 59.7 Å². The largest absolute Gasteiger partial charge is 0.351 e. The lowest BCUT2D eigenvalue weighted by atomic mass is 10.1. The molecule has 2 nitrogen and oxygen atoms in total. The first-order valence-electron chi connectivity index (χ1n) is 6.34.